The van der Waals surface area contributed by atoms with Crippen molar-refractivity contribution in [2.24, 2.45) is 0 Å². The molecule has 1 fully saturated rings. The van der Waals surface area contributed by atoms with Gasteiger partial charge in [0.15, 0.2) is 0 Å². The van der Waals surface area contributed by atoms with Gasteiger partial charge in [-0.1, -0.05) is 39.7 Å². The number of hydrogen-bond acceptors (Lipinski definition) is 1. The molecule has 13 heavy (non-hydrogen) atoms. The van der Waals surface area contributed by atoms with Crippen molar-refractivity contribution < 1.29 is 4.74 Å². The van der Waals surface area contributed by atoms with Crippen LogP contribution in [0, 0.1) is 0 Å². The van der Waals surface area contributed by atoms with Crippen LogP contribution in [0.3, 0.4) is 0 Å². The normalized spacial score (nSPS) is 27.8. The van der Waals surface area contributed by atoms with Crippen LogP contribution < -0.4 is 0 Å². The van der Waals surface area contributed by atoms with Crippen LogP contribution in [0.4, 0.5) is 0 Å². The molecule has 0 radical (unpaired) electrons. The monoisotopic (exact) mass is 260 g/mol. The van der Waals surface area contributed by atoms with E-state index in [9.17, 15) is 0 Å². The highest BCUT2D eigenvalue weighted by atomic mass is 79.9. The molecule has 0 bridgehead atoms. The SMILES string of the molecule is Clc1ccc(C2OCCC2Br)cc1. The first-order chi connectivity index (χ1) is 6.27. The van der Waals surface area contributed by atoms with Gasteiger partial charge < -0.3 is 4.74 Å². The Balaban J connectivity index is 2.20. The molecule has 0 amide bonds. The van der Waals surface area contributed by atoms with E-state index in [4.69, 9.17) is 16.3 Å². The molecule has 2 atom stereocenters. The molecule has 0 saturated carbocycles. The topological polar surface area (TPSA) is 9.23 Å². The molecule has 0 aliphatic carbocycles. The molecule has 1 aliphatic rings. The van der Waals surface area contributed by atoms with Gasteiger partial charge in [-0.15, -0.1) is 0 Å². The summed E-state index contributed by atoms with van der Waals surface area (Å²) in [6.45, 7) is 0.837. The highest BCUT2D eigenvalue weighted by Crippen LogP contribution is 2.34. The molecule has 1 aromatic rings. The third-order valence-electron chi connectivity index (χ3n) is 2.22. The maximum atomic E-state index is 5.80. The molecule has 3 heteroatoms. The molecule has 0 spiro atoms. The van der Waals surface area contributed by atoms with Gasteiger partial charge >= 0.3 is 0 Å². The van der Waals surface area contributed by atoms with E-state index in [1.165, 1.54) is 5.56 Å². The number of ether oxygens (including phenoxy) is 1. The minimum absolute atomic E-state index is 0.192. The lowest BCUT2D eigenvalue weighted by atomic mass is 10.1. The van der Waals surface area contributed by atoms with Crippen LogP contribution in [0.1, 0.15) is 18.1 Å². The molecule has 1 nitrogen and oxygen atoms in total. The van der Waals surface area contributed by atoms with Crippen LogP contribution in [0.15, 0.2) is 24.3 Å². The van der Waals surface area contributed by atoms with Gasteiger partial charge in [-0.3, -0.25) is 0 Å². The van der Waals surface area contributed by atoms with Crippen molar-refractivity contribution >= 4 is 27.5 Å². The van der Waals surface area contributed by atoms with E-state index < -0.39 is 0 Å². The van der Waals surface area contributed by atoms with E-state index >= 15 is 0 Å². The van der Waals surface area contributed by atoms with E-state index in [1.54, 1.807) is 0 Å². The van der Waals surface area contributed by atoms with Gasteiger partial charge in [0.1, 0.15) is 0 Å². The largest absolute Gasteiger partial charge is 0.372 e. The fraction of sp³-hybridized carbons (Fsp3) is 0.400. The average molecular weight is 262 g/mol. The van der Waals surface area contributed by atoms with Gasteiger partial charge in [-0.2, -0.15) is 0 Å². The van der Waals surface area contributed by atoms with Crippen molar-refractivity contribution in [3.63, 3.8) is 0 Å². The van der Waals surface area contributed by atoms with Crippen LogP contribution in [0.2, 0.25) is 5.02 Å². The van der Waals surface area contributed by atoms with E-state index in [1.807, 2.05) is 24.3 Å². The van der Waals surface area contributed by atoms with Gasteiger partial charge in [0, 0.05) is 16.5 Å². The van der Waals surface area contributed by atoms with Crippen molar-refractivity contribution in [2.75, 3.05) is 6.61 Å². The van der Waals surface area contributed by atoms with Gasteiger partial charge in [0.2, 0.25) is 0 Å². The first-order valence-corrected chi connectivity index (χ1v) is 5.58. The van der Waals surface area contributed by atoms with Crippen LogP contribution >= 0.6 is 27.5 Å². The van der Waals surface area contributed by atoms with Gasteiger partial charge in [0.25, 0.3) is 0 Å². The highest BCUT2D eigenvalue weighted by Gasteiger charge is 2.26. The number of halogens is 2. The Kier molecular flexibility index (Phi) is 2.92. The molecule has 0 N–H and O–H groups in total. The molecule has 2 unspecified atom stereocenters. The first kappa shape index (κ1) is 9.50. The molecule has 0 aromatic heterocycles. The summed E-state index contributed by atoms with van der Waals surface area (Å²) >= 11 is 9.40. The van der Waals surface area contributed by atoms with Crippen molar-refractivity contribution in [3.05, 3.63) is 34.9 Å². The smallest absolute Gasteiger partial charge is 0.0950 e. The summed E-state index contributed by atoms with van der Waals surface area (Å²) in [4.78, 5) is 0.439. The second-order valence-corrected chi connectivity index (χ2v) is 4.76. The molecule has 1 aliphatic heterocycles. The number of benzene rings is 1. The fourth-order valence-corrected chi connectivity index (χ4v) is 2.29. The Hall–Kier alpha value is -0.0500. The maximum absolute atomic E-state index is 5.80. The highest BCUT2D eigenvalue weighted by molar-refractivity contribution is 9.09. The first-order valence-electron chi connectivity index (χ1n) is 4.28. The molecule has 2 rings (SSSR count). The second kappa shape index (κ2) is 3.99. The van der Waals surface area contributed by atoms with Crippen LogP contribution in [0.25, 0.3) is 0 Å². The number of rotatable bonds is 1. The van der Waals surface area contributed by atoms with Crippen molar-refractivity contribution in [2.45, 2.75) is 17.4 Å². The quantitative estimate of drug-likeness (QED) is 0.702. The Morgan fingerprint density at radius 1 is 1.31 bits per heavy atom. The minimum Gasteiger partial charge on any atom is -0.372 e. The second-order valence-electron chi connectivity index (χ2n) is 3.15. The zero-order chi connectivity index (χ0) is 9.26. The predicted octanol–water partition coefficient (Wildman–Crippen LogP) is 3.56. The summed E-state index contributed by atoms with van der Waals surface area (Å²) in [6, 6.07) is 7.84. The van der Waals surface area contributed by atoms with Gasteiger partial charge in [-0.25, -0.2) is 0 Å². The Morgan fingerprint density at radius 2 is 2.00 bits per heavy atom. The average Bonchev–Trinajstić information content (AvgIpc) is 2.53. The molecule has 70 valence electrons. The minimum atomic E-state index is 0.192. The van der Waals surface area contributed by atoms with Gasteiger partial charge in [-0.05, 0) is 24.1 Å². The summed E-state index contributed by atoms with van der Waals surface area (Å²) in [5, 5.41) is 0.771. The van der Waals surface area contributed by atoms with E-state index in [0.717, 1.165) is 18.1 Å². The van der Waals surface area contributed by atoms with E-state index in [2.05, 4.69) is 15.9 Å². The Bertz CT molecular complexity index is 285. The molecular formula is C10H10BrClO. The summed E-state index contributed by atoms with van der Waals surface area (Å²) in [5.74, 6) is 0. The lowest BCUT2D eigenvalue weighted by Crippen LogP contribution is -2.05. The summed E-state index contributed by atoms with van der Waals surface area (Å²) < 4.78 is 5.60. The zero-order valence-electron chi connectivity index (χ0n) is 7.04. The third-order valence-corrected chi connectivity index (χ3v) is 3.41. The molecule has 1 aromatic carbocycles. The van der Waals surface area contributed by atoms with Crippen molar-refractivity contribution in [1.82, 2.24) is 0 Å². The molecule has 1 saturated heterocycles. The summed E-state index contributed by atoms with van der Waals surface area (Å²) in [5.41, 5.74) is 1.20. The molecular weight excluding hydrogens is 251 g/mol. The zero-order valence-corrected chi connectivity index (χ0v) is 9.38. The fourth-order valence-electron chi connectivity index (χ4n) is 1.52. The van der Waals surface area contributed by atoms with Crippen LogP contribution in [0.5, 0.6) is 0 Å². The Morgan fingerprint density at radius 3 is 2.54 bits per heavy atom. The van der Waals surface area contributed by atoms with E-state index in [0.29, 0.717) is 4.83 Å². The van der Waals surface area contributed by atoms with Crippen LogP contribution in [-0.2, 0) is 4.74 Å². The molecule has 1 heterocycles. The lowest BCUT2D eigenvalue weighted by molar-refractivity contribution is 0.114. The maximum Gasteiger partial charge on any atom is 0.0950 e. The number of alkyl halides is 1. The standard InChI is InChI=1S/C10H10BrClO/c11-9-5-6-13-10(9)7-1-3-8(12)4-2-7/h1-4,9-10H,5-6H2. The van der Waals surface area contributed by atoms with Crippen molar-refractivity contribution in [1.29, 1.82) is 0 Å². The summed E-state index contributed by atoms with van der Waals surface area (Å²) in [7, 11) is 0. The third kappa shape index (κ3) is 2.06. The number of hydrogen-bond donors (Lipinski definition) is 0. The lowest BCUT2D eigenvalue weighted by Gasteiger charge is -2.13. The Labute approximate surface area is 91.2 Å². The summed E-state index contributed by atoms with van der Waals surface area (Å²) in [6.07, 6.45) is 1.27. The van der Waals surface area contributed by atoms with Crippen molar-refractivity contribution in [3.8, 4) is 0 Å². The predicted molar refractivity (Wildman–Crippen MR) is 57.5 cm³/mol. The van der Waals surface area contributed by atoms with E-state index in [-0.39, 0.29) is 6.10 Å². The van der Waals surface area contributed by atoms with Crippen LogP contribution in [-0.4, -0.2) is 11.4 Å². The van der Waals surface area contributed by atoms with Gasteiger partial charge in [0.05, 0.1) is 6.10 Å².